The van der Waals surface area contributed by atoms with Crippen LogP contribution in [0.4, 0.5) is 18.9 Å². The van der Waals surface area contributed by atoms with Gasteiger partial charge in [0.15, 0.2) is 0 Å². The Hall–Kier alpha value is -1.95. The van der Waals surface area contributed by atoms with E-state index in [0.717, 1.165) is 18.2 Å². The predicted molar refractivity (Wildman–Crippen MR) is 70.7 cm³/mol. The van der Waals surface area contributed by atoms with Crippen LogP contribution in [0.15, 0.2) is 41.2 Å². The third-order valence-electron chi connectivity index (χ3n) is 2.78. The van der Waals surface area contributed by atoms with Crippen LogP contribution >= 0.6 is 11.6 Å². The minimum absolute atomic E-state index is 0.237. The Morgan fingerprint density at radius 2 is 1.90 bits per heavy atom. The van der Waals surface area contributed by atoms with Crippen molar-refractivity contribution in [1.29, 1.82) is 0 Å². The molecule has 0 aliphatic rings. The van der Waals surface area contributed by atoms with E-state index in [1.165, 1.54) is 18.2 Å². The fourth-order valence-corrected chi connectivity index (χ4v) is 1.99. The monoisotopic (exact) mass is 302 g/mol. The Balaban J connectivity index is 2.51. The summed E-state index contributed by atoms with van der Waals surface area (Å²) in [6, 6.07) is 7.44. The second-order valence-corrected chi connectivity index (χ2v) is 4.61. The van der Waals surface area contributed by atoms with E-state index in [-0.39, 0.29) is 12.2 Å². The van der Waals surface area contributed by atoms with Crippen LogP contribution < -0.4 is 11.3 Å². The van der Waals surface area contributed by atoms with E-state index in [1.54, 1.807) is 0 Å². The Morgan fingerprint density at radius 1 is 1.20 bits per heavy atom. The van der Waals surface area contributed by atoms with Gasteiger partial charge in [0.25, 0.3) is 5.56 Å². The van der Waals surface area contributed by atoms with Crippen molar-refractivity contribution < 1.29 is 13.2 Å². The smallest absolute Gasteiger partial charge is 0.398 e. The number of halogens is 4. The molecule has 0 amide bonds. The van der Waals surface area contributed by atoms with Crippen molar-refractivity contribution in [2.75, 3.05) is 5.73 Å². The van der Waals surface area contributed by atoms with Crippen LogP contribution in [0.1, 0.15) is 11.3 Å². The first-order valence-corrected chi connectivity index (χ1v) is 5.98. The van der Waals surface area contributed by atoms with E-state index in [4.69, 9.17) is 17.3 Å². The molecular formula is C13H10ClF3N2O. The molecule has 0 bridgehead atoms. The van der Waals surface area contributed by atoms with Crippen LogP contribution in [0.3, 0.4) is 0 Å². The van der Waals surface area contributed by atoms with E-state index < -0.39 is 17.4 Å². The first-order valence-electron chi connectivity index (χ1n) is 5.60. The number of hydrogen-bond donors (Lipinski definition) is 1. The molecule has 1 aromatic carbocycles. The molecule has 20 heavy (non-hydrogen) atoms. The van der Waals surface area contributed by atoms with Crippen molar-refractivity contribution >= 4 is 17.3 Å². The van der Waals surface area contributed by atoms with Crippen molar-refractivity contribution in [3.8, 4) is 0 Å². The second kappa shape index (κ2) is 5.20. The van der Waals surface area contributed by atoms with Gasteiger partial charge in [-0.25, -0.2) is 0 Å². The van der Waals surface area contributed by atoms with Gasteiger partial charge in [-0.1, -0.05) is 23.7 Å². The lowest BCUT2D eigenvalue weighted by atomic mass is 10.1. The zero-order valence-electron chi connectivity index (χ0n) is 10.1. The number of aromatic nitrogens is 1. The summed E-state index contributed by atoms with van der Waals surface area (Å²) in [6.07, 6.45) is -4.61. The lowest BCUT2D eigenvalue weighted by Gasteiger charge is -2.16. The molecule has 0 aliphatic heterocycles. The third kappa shape index (κ3) is 2.96. The minimum Gasteiger partial charge on any atom is -0.398 e. The maximum atomic E-state index is 12.9. The van der Waals surface area contributed by atoms with E-state index in [1.807, 2.05) is 0 Å². The van der Waals surface area contributed by atoms with Gasteiger partial charge >= 0.3 is 6.18 Å². The van der Waals surface area contributed by atoms with Gasteiger partial charge in [0.05, 0.1) is 6.54 Å². The summed E-state index contributed by atoms with van der Waals surface area (Å²) in [5.74, 6) is 0. The summed E-state index contributed by atoms with van der Waals surface area (Å²) in [4.78, 5) is 11.7. The fourth-order valence-electron chi connectivity index (χ4n) is 1.81. The summed E-state index contributed by atoms with van der Waals surface area (Å²) in [5.41, 5.74) is 4.58. The van der Waals surface area contributed by atoms with Crippen LogP contribution in [-0.4, -0.2) is 4.57 Å². The van der Waals surface area contributed by atoms with Crippen LogP contribution in [0, 0.1) is 0 Å². The maximum absolute atomic E-state index is 12.9. The van der Waals surface area contributed by atoms with Crippen molar-refractivity contribution in [3.63, 3.8) is 0 Å². The first-order chi connectivity index (χ1) is 9.29. The van der Waals surface area contributed by atoms with E-state index in [9.17, 15) is 18.0 Å². The first kappa shape index (κ1) is 14.5. The zero-order chi connectivity index (χ0) is 14.9. The topological polar surface area (TPSA) is 48.0 Å². The summed E-state index contributed by atoms with van der Waals surface area (Å²) in [7, 11) is 0. The fraction of sp³-hybridized carbons (Fsp3) is 0.154. The number of nitrogens with zero attached hydrogens (tertiary/aromatic N) is 1. The van der Waals surface area contributed by atoms with Gasteiger partial charge in [-0.05, 0) is 23.8 Å². The van der Waals surface area contributed by atoms with Crippen LogP contribution in [0.25, 0.3) is 0 Å². The average Bonchev–Trinajstić information content (AvgIpc) is 2.33. The highest BCUT2D eigenvalue weighted by atomic mass is 35.5. The number of alkyl halides is 3. The Morgan fingerprint density at radius 3 is 2.50 bits per heavy atom. The van der Waals surface area contributed by atoms with Gasteiger partial charge in [-0.15, -0.1) is 0 Å². The molecule has 2 aromatic rings. The molecule has 0 atom stereocenters. The second-order valence-electron chi connectivity index (χ2n) is 4.18. The number of rotatable bonds is 2. The Bertz CT molecular complexity index is 695. The molecule has 106 valence electrons. The van der Waals surface area contributed by atoms with Crippen molar-refractivity contribution in [1.82, 2.24) is 4.57 Å². The maximum Gasteiger partial charge on any atom is 0.431 e. The number of hydrogen-bond acceptors (Lipinski definition) is 2. The third-order valence-corrected chi connectivity index (χ3v) is 3.01. The van der Waals surface area contributed by atoms with Gasteiger partial charge in [0.2, 0.25) is 0 Å². The molecule has 0 saturated carbocycles. The number of pyridine rings is 1. The molecule has 1 heterocycles. The average molecular weight is 303 g/mol. The molecule has 7 heteroatoms. The molecule has 3 nitrogen and oxygen atoms in total. The van der Waals surface area contributed by atoms with Gasteiger partial charge in [0, 0.05) is 16.8 Å². The van der Waals surface area contributed by atoms with Crippen molar-refractivity contribution in [2.24, 2.45) is 0 Å². The number of nitrogen functional groups attached to an aromatic ring is 1. The SMILES string of the molecule is Nc1cc(Cl)ccc1Cn1c(C(F)(F)F)cccc1=O. The van der Waals surface area contributed by atoms with Gasteiger partial charge < -0.3 is 5.73 Å². The summed E-state index contributed by atoms with van der Waals surface area (Å²) in [6.45, 7) is -0.266. The molecule has 0 aliphatic carbocycles. The normalized spacial score (nSPS) is 11.6. The van der Waals surface area contributed by atoms with Crippen molar-refractivity contribution in [3.05, 3.63) is 63.0 Å². The molecule has 0 saturated heterocycles. The highest BCUT2D eigenvalue weighted by Gasteiger charge is 2.34. The Labute approximate surface area is 117 Å². The minimum atomic E-state index is -4.61. The standard InChI is InChI=1S/C13H10ClF3N2O/c14-9-5-4-8(10(18)6-9)7-19-11(13(15,16)17)2-1-3-12(19)20/h1-6H,7,18H2. The summed E-state index contributed by atoms with van der Waals surface area (Å²) < 4.78 is 39.3. The predicted octanol–water partition coefficient (Wildman–Crippen LogP) is 3.15. The highest BCUT2D eigenvalue weighted by Crippen LogP contribution is 2.29. The van der Waals surface area contributed by atoms with Crippen LogP contribution in [0.2, 0.25) is 5.02 Å². The molecule has 2 rings (SSSR count). The molecule has 0 radical (unpaired) electrons. The van der Waals surface area contributed by atoms with Gasteiger partial charge in [-0.2, -0.15) is 13.2 Å². The number of anilines is 1. The zero-order valence-corrected chi connectivity index (χ0v) is 10.9. The van der Waals surface area contributed by atoms with Crippen molar-refractivity contribution in [2.45, 2.75) is 12.7 Å². The largest absolute Gasteiger partial charge is 0.431 e. The van der Waals surface area contributed by atoms with Gasteiger partial charge in [0.1, 0.15) is 5.69 Å². The number of benzene rings is 1. The molecule has 1 aromatic heterocycles. The lowest BCUT2D eigenvalue weighted by Crippen LogP contribution is -2.27. The summed E-state index contributed by atoms with van der Waals surface area (Å²) in [5, 5.41) is 0.378. The summed E-state index contributed by atoms with van der Waals surface area (Å²) >= 11 is 5.73. The number of nitrogens with two attached hydrogens (primary N) is 1. The molecular weight excluding hydrogens is 293 g/mol. The van der Waals surface area contributed by atoms with Gasteiger partial charge in [-0.3, -0.25) is 9.36 Å². The highest BCUT2D eigenvalue weighted by molar-refractivity contribution is 6.30. The molecule has 2 N–H and O–H groups in total. The quantitative estimate of drug-likeness (QED) is 0.866. The molecule has 0 fully saturated rings. The van der Waals surface area contributed by atoms with Crippen LogP contribution in [-0.2, 0) is 12.7 Å². The van der Waals surface area contributed by atoms with E-state index in [2.05, 4.69) is 0 Å². The molecule has 0 unspecified atom stereocenters. The lowest BCUT2D eigenvalue weighted by molar-refractivity contribution is -0.144. The van der Waals surface area contributed by atoms with E-state index >= 15 is 0 Å². The van der Waals surface area contributed by atoms with E-state index in [0.29, 0.717) is 15.2 Å². The van der Waals surface area contributed by atoms with Crippen LogP contribution in [0.5, 0.6) is 0 Å². The Kier molecular flexibility index (Phi) is 3.76. The molecule has 0 spiro atoms.